The van der Waals surface area contributed by atoms with Crippen molar-refractivity contribution >= 4 is 29.8 Å². The Morgan fingerprint density at radius 3 is 2.46 bits per heavy atom. The van der Waals surface area contributed by atoms with Gasteiger partial charge in [-0.2, -0.15) is 5.10 Å². The van der Waals surface area contributed by atoms with E-state index in [1.54, 1.807) is 36.4 Å². The number of rotatable bonds is 7. The highest BCUT2D eigenvalue weighted by atomic mass is 35.5. The highest BCUT2D eigenvalue weighted by Gasteiger charge is 2.11. The Kier molecular flexibility index (Phi) is 6.99. The lowest BCUT2D eigenvalue weighted by Gasteiger charge is -2.10. The molecule has 3 rings (SSSR count). The van der Waals surface area contributed by atoms with Gasteiger partial charge in [0.25, 0.3) is 5.91 Å². The Bertz CT molecular complexity index is 967. The average molecular weight is 391 g/mol. The lowest BCUT2D eigenvalue weighted by Crippen LogP contribution is -2.18. The van der Waals surface area contributed by atoms with Crippen molar-refractivity contribution in [2.45, 2.75) is 6.61 Å². The van der Waals surface area contributed by atoms with Crippen molar-refractivity contribution in [3.8, 4) is 5.75 Å². The van der Waals surface area contributed by atoms with E-state index in [0.717, 1.165) is 11.1 Å². The van der Waals surface area contributed by atoms with Crippen LogP contribution in [-0.2, 0) is 6.61 Å². The number of carbonyl (C=O) groups excluding carboxylic acids is 1. The molecule has 0 saturated heterocycles. The highest BCUT2D eigenvalue weighted by molar-refractivity contribution is 6.30. The number of nitrogens with zero attached hydrogens (tertiary/aromatic N) is 1. The van der Waals surface area contributed by atoms with E-state index in [4.69, 9.17) is 16.3 Å². The van der Waals surface area contributed by atoms with Gasteiger partial charge >= 0.3 is 0 Å². The van der Waals surface area contributed by atoms with Crippen LogP contribution in [0.2, 0.25) is 5.02 Å². The maximum Gasteiger partial charge on any atom is 0.275 e. The molecule has 0 saturated carbocycles. The predicted molar refractivity (Wildman–Crippen MR) is 114 cm³/mol. The molecular formula is C23H19ClN2O2. The summed E-state index contributed by atoms with van der Waals surface area (Å²) < 4.78 is 5.80. The van der Waals surface area contributed by atoms with Gasteiger partial charge in [-0.15, -0.1) is 0 Å². The molecule has 0 heterocycles. The minimum Gasteiger partial charge on any atom is -0.488 e. The lowest BCUT2D eigenvalue weighted by molar-refractivity contribution is 0.0950. The van der Waals surface area contributed by atoms with Crippen LogP contribution in [0.5, 0.6) is 5.75 Å². The number of benzene rings is 3. The van der Waals surface area contributed by atoms with Crippen molar-refractivity contribution < 1.29 is 9.53 Å². The van der Waals surface area contributed by atoms with Crippen LogP contribution in [0.3, 0.4) is 0 Å². The van der Waals surface area contributed by atoms with Gasteiger partial charge in [0.2, 0.25) is 0 Å². The molecule has 3 aromatic carbocycles. The van der Waals surface area contributed by atoms with Crippen LogP contribution in [-0.4, -0.2) is 12.1 Å². The Morgan fingerprint density at radius 2 is 1.68 bits per heavy atom. The van der Waals surface area contributed by atoms with Gasteiger partial charge in [-0.05, 0) is 41.5 Å². The van der Waals surface area contributed by atoms with Crippen LogP contribution in [0.4, 0.5) is 0 Å². The van der Waals surface area contributed by atoms with Crippen molar-refractivity contribution in [1.82, 2.24) is 5.43 Å². The predicted octanol–water partition coefficient (Wildman–Crippen LogP) is 5.35. The van der Waals surface area contributed by atoms with Crippen molar-refractivity contribution in [2.24, 2.45) is 5.10 Å². The number of amides is 1. The zero-order valence-electron chi connectivity index (χ0n) is 15.1. The average Bonchev–Trinajstić information content (AvgIpc) is 2.74. The fraction of sp³-hybridized carbons (Fsp3) is 0.0435. The smallest absolute Gasteiger partial charge is 0.275 e. The molecule has 0 aliphatic rings. The summed E-state index contributed by atoms with van der Waals surface area (Å²) >= 11 is 5.89. The minimum absolute atomic E-state index is 0.337. The number of hydrazone groups is 1. The van der Waals surface area contributed by atoms with Crippen molar-refractivity contribution in [3.63, 3.8) is 0 Å². The number of hydrogen-bond donors (Lipinski definition) is 1. The van der Waals surface area contributed by atoms with E-state index >= 15 is 0 Å². The molecule has 0 bridgehead atoms. The molecule has 0 aliphatic heterocycles. The topological polar surface area (TPSA) is 50.7 Å². The molecule has 1 N–H and O–H groups in total. The number of carbonyl (C=O) groups is 1. The SMILES string of the molecule is O=C(N/N=C\C=C\c1ccccc1)c1ccccc1OCc1ccc(Cl)cc1. The maximum atomic E-state index is 12.4. The van der Waals surface area contributed by atoms with Crippen molar-refractivity contribution in [3.05, 3.63) is 107 Å². The first kappa shape index (κ1) is 19.4. The molecule has 0 unspecified atom stereocenters. The monoisotopic (exact) mass is 390 g/mol. The molecule has 3 aromatic rings. The quantitative estimate of drug-likeness (QED) is 0.436. The third-order valence-corrected chi connectivity index (χ3v) is 4.11. The second kappa shape index (κ2) is 10.1. The summed E-state index contributed by atoms with van der Waals surface area (Å²) in [6.07, 6.45) is 5.19. The third-order valence-electron chi connectivity index (χ3n) is 3.85. The van der Waals surface area contributed by atoms with E-state index in [1.165, 1.54) is 6.21 Å². The van der Waals surface area contributed by atoms with E-state index in [9.17, 15) is 4.79 Å². The largest absolute Gasteiger partial charge is 0.488 e. The number of nitrogens with one attached hydrogen (secondary N) is 1. The number of para-hydroxylation sites is 1. The summed E-state index contributed by atoms with van der Waals surface area (Å²) in [5, 5.41) is 4.62. The van der Waals surface area contributed by atoms with E-state index in [0.29, 0.717) is 22.9 Å². The number of allylic oxidation sites excluding steroid dienone is 1. The molecular weight excluding hydrogens is 372 g/mol. The summed E-state index contributed by atoms with van der Waals surface area (Å²) in [4.78, 5) is 12.4. The van der Waals surface area contributed by atoms with E-state index in [2.05, 4.69) is 10.5 Å². The molecule has 0 aliphatic carbocycles. The summed E-state index contributed by atoms with van der Waals surface area (Å²) in [5.74, 6) is 0.154. The molecule has 140 valence electrons. The summed E-state index contributed by atoms with van der Waals surface area (Å²) in [6.45, 7) is 0.338. The zero-order chi connectivity index (χ0) is 19.6. The Morgan fingerprint density at radius 1 is 0.964 bits per heavy atom. The van der Waals surface area contributed by atoms with Crippen LogP contribution >= 0.6 is 11.6 Å². The molecule has 0 spiro atoms. The first-order valence-electron chi connectivity index (χ1n) is 8.74. The van der Waals surface area contributed by atoms with Crippen LogP contribution < -0.4 is 10.2 Å². The van der Waals surface area contributed by atoms with E-state index < -0.39 is 0 Å². The molecule has 28 heavy (non-hydrogen) atoms. The first-order chi connectivity index (χ1) is 13.7. The van der Waals surface area contributed by atoms with Crippen LogP contribution in [0, 0.1) is 0 Å². The van der Waals surface area contributed by atoms with Crippen molar-refractivity contribution in [2.75, 3.05) is 0 Å². The second-order valence-corrected chi connectivity index (χ2v) is 6.34. The minimum atomic E-state index is -0.337. The van der Waals surface area contributed by atoms with Gasteiger partial charge in [-0.1, -0.05) is 72.3 Å². The van der Waals surface area contributed by atoms with Gasteiger partial charge in [0.15, 0.2) is 0 Å². The van der Waals surface area contributed by atoms with E-state index in [1.807, 2.05) is 54.6 Å². The number of halogens is 1. The summed E-state index contributed by atoms with van der Waals surface area (Å²) in [7, 11) is 0. The molecule has 5 heteroatoms. The molecule has 0 radical (unpaired) electrons. The maximum absolute atomic E-state index is 12.4. The van der Waals surface area contributed by atoms with Gasteiger partial charge in [0.1, 0.15) is 12.4 Å². The Balaban J connectivity index is 1.58. The Hall–Kier alpha value is -3.37. The molecule has 0 atom stereocenters. The first-order valence-corrected chi connectivity index (χ1v) is 9.11. The van der Waals surface area contributed by atoms with Gasteiger partial charge in [0.05, 0.1) is 5.56 Å². The molecule has 0 fully saturated rings. The van der Waals surface area contributed by atoms with Gasteiger partial charge < -0.3 is 4.74 Å². The summed E-state index contributed by atoms with van der Waals surface area (Å²) in [6, 6.07) is 24.3. The van der Waals surface area contributed by atoms with Crippen molar-refractivity contribution in [1.29, 1.82) is 0 Å². The van der Waals surface area contributed by atoms with Crippen LogP contribution in [0.15, 0.2) is 90.0 Å². The standard InChI is InChI=1S/C23H19ClN2O2/c24-20-14-12-19(13-15-20)17-28-22-11-5-4-10-21(22)23(27)26-25-16-6-9-18-7-2-1-3-8-18/h1-16H,17H2,(H,26,27)/b9-6+,25-16-. The van der Waals surface area contributed by atoms with Crippen LogP contribution in [0.25, 0.3) is 6.08 Å². The number of ether oxygens (including phenoxy) is 1. The van der Waals surface area contributed by atoms with E-state index in [-0.39, 0.29) is 5.91 Å². The van der Waals surface area contributed by atoms with Gasteiger partial charge in [0, 0.05) is 11.2 Å². The zero-order valence-corrected chi connectivity index (χ0v) is 15.8. The summed E-state index contributed by atoms with van der Waals surface area (Å²) in [5.41, 5.74) is 4.95. The van der Waals surface area contributed by atoms with Gasteiger partial charge in [-0.3, -0.25) is 4.79 Å². The number of hydrogen-bond acceptors (Lipinski definition) is 3. The highest BCUT2D eigenvalue weighted by Crippen LogP contribution is 2.20. The second-order valence-electron chi connectivity index (χ2n) is 5.90. The lowest BCUT2D eigenvalue weighted by atomic mass is 10.2. The molecule has 1 amide bonds. The van der Waals surface area contributed by atoms with Gasteiger partial charge in [-0.25, -0.2) is 5.43 Å². The fourth-order valence-electron chi connectivity index (χ4n) is 2.44. The van der Waals surface area contributed by atoms with Crippen LogP contribution in [0.1, 0.15) is 21.5 Å². The normalized spacial score (nSPS) is 11.0. The third kappa shape index (κ3) is 5.83. The molecule has 4 nitrogen and oxygen atoms in total. The Labute approximate surface area is 169 Å². The fourth-order valence-corrected chi connectivity index (χ4v) is 2.57. The molecule has 0 aromatic heterocycles.